The van der Waals surface area contributed by atoms with Crippen LogP contribution in [0.5, 0.6) is 0 Å². The average Bonchev–Trinajstić information content (AvgIpc) is 3.39. The molecule has 6 heteroatoms. The van der Waals surface area contributed by atoms with Crippen molar-refractivity contribution in [1.29, 1.82) is 0 Å². The van der Waals surface area contributed by atoms with Crippen LogP contribution >= 0.6 is 0 Å². The third-order valence-electron chi connectivity index (χ3n) is 12.5. The Hall–Kier alpha value is -4.19. The summed E-state index contributed by atoms with van der Waals surface area (Å²) in [5, 5.41) is 0. The zero-order valence-corrected chi connectivity index (χ0v) is 47.4. The molecule has 0 saturated carbocycles. The topological polar surface area (TPSA) is 78.9 Å². The van der Waals surface area contributed by atoms with E-state index in [9.17, 15) is 14.4 Å². The number of carbonyl (C=O) groups excluding carboxylic acids is 3. The maximum atomic E-state index is 12.8. The number of ether oxygens (including phenoxy) is 3. The molecule has 73 heavy (non-hydrogen) atoms. The number of hydrogen-bond acceptors (Lipinski definition) is 6. The van der Waals surface area contributed by atoms with Crippen LogP contribution in [0.2, 0.25) is 0 Å². The highest BCUT2D eigenvalue weighted by atomic mass is 16.6. The first-order valence-corrected chi connectivity index (χ1v) is 30.0. The second-order valence-electron chi connectivity index (χ2n) is 19.6. The lowest BCUT2D eigenvalue weighted by atomic mass is 10.0. The molecule has 0 heterocycles. The molecule has 0 radical (unpaired) electrons. The minimum atomic E-state index is -0.850. The summed E-state index contributed by atoms with van der Waals surface area (Å²) in [7, 11) is 0. The summed E-state index contributed by atoms with van der Waals surface area (Å²) in [5.41, 5.74) is 0. The van der Waals surface area contributed by atoms with Gasteiger partial charge >= 0.3 is 17.9 Å². The Balaban J connectivity index is 4.61. The van der Waals surface area contributed by atoms with E-state index in [1.807, 2.05) is 18.2 Å². The van der Waals surface area contributed by atoms with E-state index in [2.05, 4.69) is 124 Å². The fourth-order valence-electron chi connectivity index (χ4n) is 7.94. The molecule has 0 amide bonds. The van der Waals surface area contributed by atoms with Crippen molar-refractivity contribution in [1.82, 2.24) is 0 Å². The highest BCUT2D eigenvalue weighted by molar-refractivity contribution is 5.71. The van der Waals surface area contributed by atoms with Gasteiger partial charge in [-0.3, -0.25) is 14.4 Å². The van der Waals surface area contributed by atoms with Gasteiger partial charge in [-0.25, -0.2) is 0 Å². The lowest BCUT2D eigenvalue weighted by molar-refractivity contribution is -0.166. The standard InChI is InChI=1S/C67H110O6/c1-4-7-10-13-16-19-22-25-28-31-33-36-39-42-45-48-51-54-57-60-66(69)72-63-64(62-71-65(68)59-56-53-50-47-44-41-38-35-30-27-24-21-18-15-12-9-6-3)73-67(70)61-58-55-52-49-46-43-40-37-34-32-29-26-23-20-17-14-11-8-5-2/h16-17,19-20,25-26,28-29,33-34,36-37,42-43,45-46,51-52,54-55,64H,4-15,18,21-24,27,30-32,35,38-41,44,47-50,53,56-63H2,1-3H3/b19-16-,20-17-,28-25-,29-26-,36-33-,37-34-,45-42-,46-43-,54-51-,55-52-/t64-/m0/s1. The van der Waals surface area contributed by atoms with Crippen molar-refractivity contribution in [3.05, 3.63) is 122 Å². The van der Waals surface area contributed by atoms with Crippen molar-refractivity contribution >= 4 is 17.9 Å². The third kappa shape index (κ3) is 58.6. The van der Waals surface area contributed by atoms with Gasteiger partial charge < -0.3 is 14.2 Å². The van der Waals surface area contributed by atoms with Gasteiger partial charge in [0.05, 0.1) is 0 Å². The van der Waals surface area contributed by atoms with Gasteiger partial charge in [-0.15, -0.1) is 0 Å². The predicted molar refractivity (Wildman–Crippen MR) is 316 cm³/mol. The molecule has 0 bridgehead atoms. The van der Waals surface area contributed by atoms with Crippen molar-refractivity contribution in [2.75, 3.05) is 13.2 Å². The van der Waals surface area contributed by atoms with Gasteiger partial charge in [-0.05, 0) is 96.3 Å². The van der Waals surface area contributed by atoms with Gasteiger partial charge in [0.15, 0.2) is 6.10 Å². The van der Waals surface area contributed by atoms with Gasteiger partial charge in [0.1, 0.15) is 13.2 Å². The molecule has 0 aliphatic heterocycles. The Morgan fingerprint density at radius 2 is 0.521 bits per heavy atom. The SMILES string of the molecule is CCCCC/C=C\C/C=C\C/C=C\C/C=C\C/C=C\CCC(=O)OC[C@H](COC(=O)CCCCCCCCCCCCCCCCCCC)OC(=O)CC/C=C\C/C=C\C/C=C\C/C=C\C/C=C\CCCCC. The van der Waals surface area contributed by atoms with Crippen LogP contribution in [-0.2, 0) is 28.6 Å². The van der Waals surface area contributed by atoms with E-state index >= 15 is 0 Å². The Morgan fingerprint density at radius 1 is 0.274 bits per heavy atom. The van der Waals surface area contributed by atoms with E-state index in [0.717, 1.165) is 70.6 Å². The van der Waals surface area contributed by atoms with Crippen LogP contribution in [-0.4, -0.2) is 37.2 Å². The smallest absolute Gasteiger partial charge is 0.306 e. The maximum Gasteiger partial charge on any atom is 0.306 e. The summed E-state index contributed by atoms with van der Waals surface area (Å²) < 4.78 is 16.7. The van der Waals surface area contributed by atoms with E-state index in [4.69, 9.17) is 14.2 Å². The fourth-order valence-corrected chi connectivity index (χ4v) is 7.94. The van der Waals surface area contributed by atoms with E-state index < -0.39 is 12.1 Å². The molecule has 0 aromatic heterocycles. The van der Waals surface area contributed by atoms with E-state index in [1.165, 1.54) is 141 Å². The molecular formula is C67H110O6. The van der Waals surface area contributed by atoms with Gasteiger partial charge in [0.2, 0.25) is 0 Å². The van der Waals surface area contributed by atoms with Crippen LogP contribution in [0.15, 0.2) is 122 Å². The quantitative estimate of drug-likeness (QED) is 0.0261. The first-order chi connectivity index (χ1) is 36.0. The average molecular weight is 1010 g/mol. The number of esters is 3. The first-order valence-electron chi connectivity index (χ1n) is 30.0. The predicted octanol–water partition coefficient (Wildman–Crippen LogP) is 20.4. The molecular weight excluding hydrogens is 901 g/mol. The minimum absolute atomic E-state index is 0.131. The van der Waals surface area contributed by atoms with Crippen molar-refractivity contribution in [2.24, 2.45) is 0 Å². The van der Waals surface area contributed by atoms with Crippen LogP contribution in [0.25, 0.3) is 0 Å². The summed E-state index contributed by atoms with van der Waals surface area (Å²) in [5.74, 6) is -1.10. The zero-order chi connectivity index (χ0) is 52.9. The Morgan fingerprint density at radius 3 is 0.849 bits per heavy atom. The van der Waals surface area contributed by atoms with Crippen molar-refractivity contribution < 1.29 is 28.6 Å². The fraction of sp³-hybridized carbons (Fsp3) is 0.657. The second-order valence-corrected chi connectivity index (χ2v) is 19.6. The van der Waals surface area contributed by atoms with Crippen molar-refractivity contribution in [2.45, 2.75) is 271 Å². The molecule has 0 saturated heterocycles. The summed E-state index contributed by atoms with van der Waals surface area (Å²) in [6.07, 6.45) is 83.6. The monoisotopic (exact) mass is 1010 g/mol. The lowest BCUT2D eigenvalue weighted by Gasteiger charge is -2.18. The van der Waals surface area contributed by atoms with E-state index in [1.54, 1.807) is 0 Å². The first kappa shape index (κ1) is 68.8. The summed E-state index contributed by atoms with van der Waals surface area (Å²) >= 11 is 0. The largest absolute Gasteiger partial charge is 0.462 e. The number of rotatable bonds is 53. The summed E-state index contributed by atoms with van der Waals surface area (Å²) in [6, 6.07) is 0. The molecule has 0 aromatic rings. The van der Waals surface area contributed by atoms with Crippen LogP contribution in [0.4, 0.5) is 0 Å². The van der Waals surface area contributed by atoms with Crippen LogP contribution in [0.1, 0.15) is 265 Å². The van der Waals surface area contributed by atoms with Crippen LogP contribution in [0.3, 0.4) is 0 Å². The molecule has 414 valence electrons. The molecule has 0 N–H and O–H groups in total. The summed E-state index contributed by atoms with van der Waals surface area (Å²) in [4.78, 5) is 38.2. The van der Waals surface area contributed by atoms with Gasteiger partial charge in [0, 0.05) is 19.3 Å². The molecule has 6 nitrogen and oxygen atoms in total. The van der Waals surface area contributed by atoms with E-state index in [-0.39, 0.29) is 38.0 Å². The molecule has 0 aliphatic rings. The molecule has 0 aliphatic carbocycles. The Kier molecular flexibility index (Phi) is 56.9. The second kappa shape index (κ2) is 60.4. The van der Waals surface area contributed by atoms with Crippen molar-refractivity contribution in [3.8, 4) is 0 Å². The van der Waals surface area contributed by atoms with Crippen molar-refractivity contribution in [3.63, 3.8) is 0 Å². The van der Waals surface area contributed by atoms with Crippen LogP contribution < -0.4 is 0 Å². The van der Waals surface area contributed by atoms with Gasteiger partial charge in [-0.2, -0.15) is 0 Å². The van der Waals surface area contributed by atoms with Crippen LogP contribution in [0, 0.1) is 0 Å². The highest BCUT2D eigenvalue weighted by Gasteiger charge is 2.19. The minimum Gasteiger partial charge on any atom is -0.462 e. The molecule has 0 fully saturated rings. The third-order valence-corrected chi connectivity index (χ3v) is 12.5. The number of carbonyl (C=O) groups is 3. The van der Waals surface area contributed by atoms with Gasteiger partial charge in [0.25, 0.3) is 0 Å². The zero-order valence-electron chi connectivity index (χ0n) is 47.4. The maximum absolute atomic E-state index is 12.8. The van der Waals surface area contributed by atoms with Gasteiger partial charge in [-0.1, -0.05) is 271 Å². The Bertz CT molecular complexity index is 1540. The molecule has 0 rings (SSSR count). The summed E-state index contributed by atoms with van der Waals surface area (Å²) in [6.45, 7) is 6.47. The lowest BCUT2D eigenvalue weighted by Crippen LogP contribution is -2.30. The molecule has 0 spiro atoms. The Labute approximate surface area is 450 Å². The molecule has 0 aromatic carbocycles. The number of hydrogen-bond donors (Lipinski definition) is 0. The van der Waals surface area contributed by atoms with E-state index in [0.29, 0.717) is 19.3 Å². The number of allylic oxidation sites excluding steroid dienone is 20. The number of unbranched alkanes of at least 4 members (excludes halogenated alkanes) is 22. The normalized spacial score (nSPS) is 13.0. The highest BCUT2D eigenvalue weighted by Crippen LogP contribution is 2.15. The molecule has 1 atom stereocenters. The molecule has 0 unspecified atom stereocenters.